The molecule has 1 heterocycles. The molecule has 1 aromatic carbocycles. The van der Waals surface area contributed by atoms with E-state index in [9.17, 15) is 19.1 Å². The molecule has 7 heteroatoms. The Labute approximate surface area is 169 Å². The average molecular weight is 414 g/mol. The molecular formula is C20H25ClFNO3S. The van der Waals surface area contributed by atoms with Crippen molar-refractivity contribution in [2.45, 2.75) is 37.5 Å². The number of aliphatic hydroxyl groups excluding tert-OH is 1. The first kappa shape index (κ1) is 22.1. The minimum absolute atomic E-state index is 0. The number of thioether (sulfide) groups is 1. The molecule has 1 aliphatic heterocycles. The van der Waals surface area contributed by atoms with Crippen LogP contribution in [0.2, 0.25) is 0 Å². The van der Waals surface area contributed by atoms with Crippen LogP contribution in [0.25, 0.3) is 0 Å². The molecule has 27 heavy (non-hydrogen) atoms. The normalized spacial score (nSPS) is 22.9. The van der Waals surface area contributed by atoms with Crippen LogP contribution in [0.15, 0.2) is 35.9 Å². The van der Waals surface area contributed by atoms with Crippen molar-refractivity contribution in [1.29, 1.82) is 0 Å². The summed E-state index contributed by atoms with van der Waals surface area (Å²) in [5.74, 6) is -0.260. The van der Waals surface area contributed by atoms with Gasteiger partial charge in [-0.05, 0) is 30.9 Å². The molecule has 0 spiro atoms. The summed E-state index contributed by atoms with van der Waals surface area (Å²) in [5, 5.41) is 9.39. The molecule has 1 N–H and O–H groups in total. The van der Waals surface area contributed by atoms with Crippen molar-refractivity contribution in [3.63, 3.8) is 0 Å². The zero-order chi connectivity index (χ0) is 18.7. The molecule has 4 nitrogen and oxygen atoms in total. The van der Waals surface area contributed by atoms with Gasteiger partial charge in [0.2, 0.25) is 0 Å². The van der Waals surface area contributed by atoms with Gasteiger partial charge in [0.1, 0.15) is 5.82 Å². The van der Waals surface area contributed by atoms with Crippen molar-refractivity contribution in [3.8, 4) is 0 Å². The molecular weight excluding hydrogens is 389 g/mol. The van der Waals surface area contributed by atoms with Gasteiger partial charge in [0, 0.05) is 36.7 Å². The van der Waals surface area contributed by atoms with Crippen molar-refractivity contribution < 1.29 is 19.1 Å². The number of Topliss-reactive ketones (excluding diaryl/α,β-unsaturated/α-hetero) is 1. The molecule has 1 aromatic rings. The topological polar surface area (TPSA) is 57.6 Å². The van der Waals surface area contributed by atoms with E-state index in [2.05, 4.69) is 0 Å². The summed E-state index contributed by atoms with van der Waals surface area (Å²) < 4.78 is 14.5. The molecule has 2 aliphatic rings. The maximum atomic E-state index is 14.5. The molecule has 3 rings (SSSR count). The van der Waals surface area contributed by atoms with E-state index in [4.69, 9.17) is 0 Å². The second-order valence-electron chi connectivity index (χ2n) is 6.92. The Hall–Kier alpha value is -1.21. The fourth-order valence-corrected chi connectivity index (χ4v) is 4.52. The number of rotatable bonds is 6. The molecule has 1 saturated heterocycles. The molecule has 148 valence electrons. The quantitative estimate of drug-likeness (QED) is 0.723. The Balaban J connectivity index is 0.00000261. The molecule has 0 radical (unpaired) electrons. The lowest BCUT2D eigenvalue weighted by atomic mass is 9.93. The summed E-state index contributed by atoms with van der Waals surface area (Å²) in [4.78, 5) is 26.4. The van der Waals surface area contributed by atoms with Crippen LogP contribution in [-0.2, 0) is 9.59 Å². The van der Waals surface area contributed by atoms with E-state index in [1.165, 1.54) is 24.8 Å². The number of halogens is 2. The molecule has 0 bridgehead atoms. The minimum Gasteiger partial charge on any atom is -0.392 e. The first-order chi connectivity index (χ1) is 12.5. The van der Waals surface area contributed by atoms with Crippen LogP contribution < -0.4 is 0 Å². The average Bonchev–Trinajstić information content (AvgIpc) is 3.44. The lowest BCUT2D eigenvalue weighted by Crippen LogP contribution is -2.43. The van der Waals surface area contributed by atoms with Gasteiger partial charge >= 0.3 is 0 Å². The maximum absolute atomic E-state index is 14.5. The van der Waals surface area contributed by atoms with E-state index in [1.807, 2.05) is 4.90 Å². The Morgan fingerprint density at radius 1 is 1.33 bits per heavy atom. The highest BCUT2D eigenvalue weighted by Crippen LogP contribution is 2.40. The van der Waals surface area contributed by atoms with Gasteiger partial charge in [-0.15, -0.1) is 12.4 Å². The number of aliphatic hydroxyl groups is 1. The highest BCUT2D eigenvalue weighted by Gasteiger charge is 2.41. The third-order valence-corrected chi connectivity index (χ3v) is 6.11. The first-order valence-corrected chi connectivity index (χ1v) is 9.88. The van der Waals surface area contributed by atoms with Crippen molar-refractivity contribution in [2.24, 2.45) is 5.92 Å². The van der Waals surface area contributed by atoms with Crippen LogP contribution in [-0.4, -0.2) is 45.9 Å². The number of ketones is 1. The third-order valence-electron chi connectivity index (χ3n) is 4.95. The van der Waals surface area contributed by atoms with Gasteiger partial charge in [-0.2, -0.15) is 0 Å². The summed E-state index contributed by atoms with van der Waals surface area (Å²) >= 11 is 1.26. The van der Waals surface area contributed by atoms with Gasteiger partial charge < -0.3 is 5.11 Å². The molecule has 0 amide bonds. The number of nitrogens with zero attached hydrogens (tertiary/aromatic N) is 1. The van der Waals surface area contributed by atoms with Crippen LogP contribution in [0.5, 0.6) is 0 Å². The summed E-state index contributed by atoms with van der Waals surface area (Å²) in [6, 6.07) is 5.87. The molecule has 2 fully saturated rings. The van der Waals surface area contributed by atoms with E-state index >= 15 is 0 Å². The summed E-state index contributed by atoms with van der Waals surface area (Å²) in [5.41, 5.74) is 1.36. The minimum atomic E-state index is -0.603. The van der Waals surface area contributed by atoms with E-state index in [0.29, 0.717) is 25.1 Å². The predicted molar refractivity (Wildman–Crippen MR) is 108 cm³/mol. The highest BCUT2D eigenvalue weighted by molar-refractivity contribution is 8.14. The van der Waals surface area contributed by atoms with Gasteiger partial charge in [-0.1, -0.05) is 36.0 Å². The Morgan fingerprint density at radius 3 is 2.63 bits per heavy atom. The highest BCUT2D eigenvalue weighted by atomic mass is 35.5. The molecule has 1 aliphatic carbocycles. The van der Waals surface area contributed by atoms with E-state index in [0.717, 1.165) is 18.4 Å². The van der Waals surface area contributed by atoms with Gasteiger partial charge in [-0.3, -0.25) is 14.5 Å². The van der Waals surface area contributed by atoms with Crippen molar-refractivity contribution in [1.82, 2.24) is 4.90 Å². The standard InChI is InChI=1S/C20H24FNO3S.ClH/c1-13(24)26-18-8-10-22(12-15(18)9-11-23)19(20(25)14-6-7-14)16-4-2-3-5-17(16)21;/h2-5,9,14,18-19,23H,6-8,10-12H2,1H3;1H/b15-9-;/t18-,19?;/m0./s1. The van der Waals surface area contributed by atoms with E-state index in [1.54, 1.807) is 24.3 Å². The monoisotopic (exact) mass is 413 g/mol. The molecule has 1 unspecified atom stereocenters. The number of carbonyl (C=O) groups is 2. The molecule has 1 saturated carbocycles. The van der Waals surface area contributed by atoms with Crippen LogP contribution in [0, 0.1) is 11.7 Å². The third kappa shape index (κ3) is 5.41. The van der Waals surface area contributed by atoms with Crippen molar-refractivity contribution >= 4 is 35.1 Å². The Kier molecular flexibility index (Phi) is 8.04. The Bertz CT molecular complexity index is 723. The summed E-state index contributed by atoms with van der Waals surface area (Å²) in [6.07, 6.45) is 4.16. The van der Waals surface area contributed by atoms with Gasteiger partial charge in [0.05, 0.1) is 12.6 Å². The Morgan fingerprint density at radius 2 is 2.04 bits per heavy atom. The second-order valence-corrected chi connectivity index (χ2v) is 8.30. The lowest BCUT2D eigenvalue weighted by Gasteiger charge is -2.38. The van der Waals surface area contributed by atoms with Crippen LogP contribution >= 0.6 is 24.2 Å². The van der Waals surface area contributed by atoms with Crippen molar-refractivity contribution in [3.05, 3.63) is 47.3 Å². The first-order valence-electron chi connectivity index (χ1n) is 9.00. The van der Waals surface area contributed by atoms with Crippen LogP contribution in [0.3, 0.4) is 0 Å². The smallest absolute Gasteiger partial charge is 0.186 e. The number of piperidine rings is 1. The van der Waals surface area contributed by atoms with Crippen molar-refractivity contribution in [2.75, 3.05) is 19.7 Å². The van der Waals surface area contributed by atoms with E-state index < -0.39 is 6.04 Å². The lowest BCUT2D eigenvalue weighted by molar-refractivity contribution is -0.126. The van der Waals surface area contributed by atoms with Gasteiger partial charge in [0.15, 0.2) is 10.9 Å². The SMILES string of the molecule is CC(=O)S[C@H]1CCN(C(C(=O)C2CC2)c2ccccc2F)C/C1=C/CO.Cl. The summed E-state index contributed by atoms with van der Waals surface area (Å²) in [6.45, 7) is 2.50. The maximum Gasteiger partial charge on any atom is 0.186 e. The molecule has 0 aromatic heterocycles. The number of hydrogen-bond acceptors (Lipinski definition) is 5. The fraction of sp³-hybridized carbons (Fsp3) is 0.500. The summed E-state index contributed by atoms with van der Waals surface area (Å²) in [7, 11) is 0. The number of likely N-dealkylation sites (tertiary alicyclic amines) is 1. The second kappa shape index (κ2) is 9.82. The largest absolute Gasteiger partial charge is 0.392 e. The molecule has 2 atom stereocenters. The van der Waals surface area contributed by atoms with Gasteiger partial charge in [0.25, 0.3) is 0 Å². The van der Waals surface area contributed by atoms with Gasteiger partial charge in [-0.25, -0.2) is 4.39 Å². The number of carbonyl (C=O) groups excluding carboxylic acids is 2. The van der Waals surface area contributed by atoms with Crippen LogP contribution in [0.1, 0.15) is 37.8 Å². The van der Waals surface area contributed by atoms with Crippen LogP contribution in [0.4, 0.5) is 4.39 Å². The number of benzene rings is 1. The zero-order valence-electron chi connectivity index (χ0n) is 15.3. The van der Waals surface area contributed by atoms with E-state index in [-0.39, 0.29) is 46.9 Å². The predicted octanol–water partition coefficient (Wildman–Crippen LogP) is 3.54. The number of hydrogen-bond donors (Lipinski definition) is 1. The fourth-order valence-electron chi connectivity index (χ4n) is 3.57. The zero-order valence-corrected chi connectivity index (χ0v) is 16.9.